The highest BCUT2D eigenvalue weighted by atomic mass is 16.5. The van der Waals surface area contributed by atoms with Gasteiger partial charge in [-0.05, 0) is 116 Å². The number of benzene rings is 1. The van der Waals surface area contributed by atoms with Crippen molar-refractivity contribution in [3.63, 3.8) is 0 Å². The molecule has 0 radical (unpaired) electrons. The largest absolute Gasteiger partial charge is 0.508 e. The third-order valence-electron chi connectivity index (χ3n) is 12.0. The molecule has 0 aromatic heterocycles. The molecule has 0 heterocycles. The molecule has 0 amide bonds. The van der Waals surface area contributed by atoms with Crippen LogP contribution in [0.5, 0.6) is 5.75 Å². The minimum atomic E-state index is -0.386. The van der Waals surface area contributed by atoms with E-state index in [2.05, 4.69) is 67.5 Å². The first kappa shape index (κ1) is 25.9. The molecule has 6 unspecified atom stereocenters. The van der Waals surface area contributed by atoms with E-state index in [4.69, 9.17) is 4.74 Å². The number of fused-ring (bicyclic) bond motifs is 7. The van der Waals surface area contributed by atoms with Crippen LogP contribution in [0.3, 0.4) is 0 Å². The van der Waals surface area contributed by atoms with E-state index in [-0.39, 0.29) is 33.0 Å². The van der Waals surface area contributed by atoms with E-state index in [0.29, 0.717) is 24.2 Å². The van der Waals surface area contributed by atoms with Gasteiger partial charge in [-0.25, -0.2) is 0 Å². The molecule has 4 aliphatic rings. The molecule has 0 bridgehead atoms. The first-order chi connectivity index (χ1) is 16.7. The number of carbonyl (C=O) groups is 1. The molecule has 1 aromatic rings. The molecule has 4 aliphatic carbocycles. The molecule has 3 nitrogen and oxygen atoms in total. The number of allylic oxidation sites excluding steroid dienone is 2. The summed E-state index contributed by atoms with van der Waals surface area (Å²) in [6, 6.07) is 4.11. The van der Waals surface area contributed by atoms with Crippen molar-refractivity contribution < 1.29 is 14.6 Å². The quantitative estimate of drug-likeness (QED) is 0.343. The number of esters is 1. The lowest BCUT2D eigenvalue weighted by atomic mass is 9.34. The summed E-state index contributed by atoms with van der Waals surface area (Å²) in [4.78, 5) is 13.4. The minimum Gasteiger partial charge on any atom is -0.508 e. The van der Waals surface area contributed by atoms with Crippen molar-refractivity contribution in [2.24, 2.45) is 33.5 Å². The zero-order chi connectivity index (χ0) is 26.3. The first-order valence-corrected chi connectivity index (χ1v) is 14.4. The molecule has 0 aliphatic heterocycles. The second kappa shape index (κ2) is 8.11. The fraction of sp³-hybridized carbons (Fsp3) is 0.727. The zero-order valence-electron chi connectivity index (χ0n) is 24.0. The molecule has 5 rings (SSSR count). The number of hydrogen-bond donors (Lipinski definition) is 1. The smallest absolute Gasteiger partial charge is 0.311 e. The fourth-order valence-corrected chi connectivity index (χ4v) is 9.24. The second-order valence-corrected chi connectivity index (χ2v) is 14.6. The van der Waals surface area contributed by atoms with Gasteiger partial charge >= 0.3 is 5.97 Å². The highest BCUT2D eigenvalue weighted by Gasteiger charge is 2.67. The molecular formula is C33H48O3. The Kier molecular flexibility index (Phi) is 5.83. The molecule has 198 valence electrons. The number of aromatic hydroxyl groups is 1. The third kappa shape index (κ3) is 3.39. The highest BCUT2D eigenvalue weighted by Crippen LogP contribution is 2.74. The van der Waals surface area contributed by atoms with Crippen LogP contribution in [0.2, 0.25) is 0 Å². The standard InChI is InChI=1S/C33H48O3/c1-21(2)20-36-28(35)30(5)14-13-29(4)15-17-32(7)26-12-9-23-22(3)25(34)11-10-24(23)31(26,6)16-18-33(32,8)27(29)19-30/h10-12,21,27,34H,9,13-20H2,1-8H3. The molecule has 0 saturated heterocycles. The van der Waals surface area contributed by atoms with Crippen molar-refractivity contribution in [3.05, 3.63) is 40.5 Å². The molecule has 1 N–H and O–H groups in total. The van der Waals surface area contributed by atoms with Gasteiger partial charge in [-0.2, -0.15) is 0 Å². The van der Waals surface area contributed by atoms with Crippen LogP contribution in [0.25, 0.3) is 0 Å². The average Bonchev–Trinajstić information content (AvgIpc) is 2.82. The Hall–Kier alpha value is -1.77. The number of carbonyl (C=O) groups excluding carboxylic acids is 1. The van der Waals surface area contributed by atoms with Gasteiger partial charge in [0.1, 0.15) is 5.75 Å². The van der Waals surface area contributed by atoms with Gasteiger partial charge in [-0.15, -0.1) is 0 Å². The van der Waals surface area contributed by atoms with Crippen LogP contribution >= 0.6 is 0 Å². The van der Waals surface area contributed by atoms with Gasteiger partial charge < -0.3 is 9.84 Å². The number of hydrogen-bond acceptors (Lipinski definition) is 3. The Balaban J connectivity index is 1.53. The normalized spacial score (nSPS) is 41.5. The van der Waals surface area contributed by atoms with Crippen molar-refractivity contribution in [3.8, 4) is 5.75 Å². The van der Waals surface area contributed by atoms with E-state index in [1.807, 2.05) is 6.07 Å². The molecule has 3 saturated carbocycles. The Labute approximate surface area is 219 Å². The first-order valence-electron chi connectivity index (χ1n) is 14.4. The number of ether oxygens (including phenoxy) is 1. The van der Waals surface area contributed by atoms with Crippen LogP contribution in [0, 0.1) is 40.4 Å². The minimum absolute atomic E-state index is 0.0161. The molecule has 3 heteroatoms. The number of phenols is 1. The van der Waals surface area contributed by atoms with Gasteiger partial charge in [0, 0.05) is 5.41 Å². The lowest BCUT2D eigenvalue weighted by Gasteiger charge is -2.70. The summed E-state index contributed by atoms with van der Waals surface area (Å²) in [5.74, 6) is 1.31. The van der Waals surface area contributed by atoms with Gasteiger partial charge in [-0.3, -0.25) is 4.79 Å². The Morgan fingerprint density at radius 2 is 1.72 bits per heavy atom. The summed E-state index contributed by atoms with van der Waals surface area (Å²) in [5.41, 5.74) is 5.59. The summed E-state index contributed by atoms with van der Waals surface area (Å²) in [7, 11) is 0. The summed E-state index contributed by atoms with van der Waals surface area (Å²) >= 11 is 0. The van der Waals surface area contributed by atoms with Crippen LogP contribution in [0.4, 0.5) is 0 Å². The predicted molar refractivity (Wildman–Crippen MR) is 146 cm³/mol. The lowest BCUT2D eigenvalue weighted by molar-refractivity contribution is -0.182. The van der Waals surface area contributed by atoms with E-state index < -0.39 is 0 Å². The van der Waals surface area contributed by atoms with Crippen LogP contribution in [0.15, 0.2) is 23.8 Å². The molecule has 36 heavy (non-hydrogen) atoms. The van der Waals surface area contributed by atoms with Crippen molar-refractivity contribution >= 4 is 5.97 Å². The van der Waals surface area contributed by atoms with Crippen molar-refractivity contribution in [1.82, 2.24) is 0 Å². The summed E-state index contributed by atoms with van der Waals surface area (Å²) < 4.78 is 5.84. The van der Waals surface area contributed by atoms with Gasteiger partial charge in [0.05, 0.1) is 12.0 Å². The van der Waals surface area contributed by atoms with E-state index >= 15 is 0 Å². The Morgan fingerprint density at radius 1 is 1.03 bits per heavy atom. The number of phenolic OH excluding ortho intramolecular Hbond substituents is 1. The van der Waals surface area contributed by atoms with Crippen LogP contribution in [-0.4, -0.2) is 17.7 Å². The maximum absolute atomic E-state index is 13.4. The molecule has 1 aromatic carbocycles. The lowest BCUT2D eigenvalue weighted by Crippen LogP contribution is -2.62. The predicted octanol–water partition coefficient (Wildman–Crippen LogP) is 8.05. The SMILES string of the molecule is Cc1c(O)ccc2c1CC=C1C2(C)CCC2(C)C3CC(C)(C(=O)OCC(C)C)CCC3(C)CCC12C. The van der Waals surface area contributed by atoms with Crippen molar-refractivity contribution in [1.29, 1.82) is 0 Å². The highest BCUT2D eigenvalue weighted by molar-refractivity contribution is 5.76. The van der Waals surface area contributed by atoms with Gasteiger partial charge in [0.15, 0.2) is 0 Å². The molecular weight excluding hydrogens is 444 g/mol. The summed E-state index contributed by atoms with van der Waals surface area (Å²) in [6.07, 6.45) is 11.2. The van der Waals surface area contributed by atoms with Crippen molar-refractivity contribution in [2.75, 3.05) is 6.61 Å². The maximum Gasteiger partial charge on any atom is 0.311 e. The molecule has 0 spiro atoms. The van der Waals surface area contributed by atoms with Crippen LogP contribution < -0.4 is 0 Å². The Morgan fingerprint density at radius 3 is 2.42 bits per heavy atom. The van der Waals surface area contributed by atoms with E-state index in [9.17, 15) is 9.90 Å². The van der Waals surface area contributed by atoms with E-state index in [1.165, 1.54) is 30.4 Å². The molecule has 6 atom stereocenters. The zero-order valence-corrected chi connectivity index (χ0v) is 24.0. The van der Waals surface area contributed by atoms with Gasteiger partial charge in [0.2, 0.25) is 0 Å². The average molecular weight is 493 g/mol. The monoisotopic (exact) mass is 492 g/mol. The van der Waals surface area contributed by atoms with E-state index in [0.717, 1.165) is 37.7 Å². The van der Waals surface area contributed by atoms with Crippen molar-refractivity contribution in [2.45, 2.75) is 112 Å². The van der Waals surface area contributed by atoms with Gasteiger partial charge in [-0.1, -0.05) is 59.3 Å². The fourth-order valence-electron chi connectivity index (χ4n) is 9.24. The topological polar surface area (TPSA) is 46.5 Å². The van der Waals surface area contributed by atoms with Crippen LogP contribution in [0.1, 0.15) is 110 Å². The van der Waals surface area contributed by atoms with E-state index in [1.54, 1.807) is 5.57 Å². The summed E-state index contributed by atoms with van der Waals surface area (Å²) in [5, 5.41) is 10.4. The molecule has 3 fully saturated rings. The third-order valence-corrected chi connectivity index (χ3v) is 12.0. The second-order valence-electron chi connectivity index (χ2n) is 14.6. The maximum atomic E-state index is 13.4. The van der Waals surface area contributed by atoms with Gasteiger partial charge in [0.25, 0.3) is 0 Å². The Bertz CT molecular complexity index is 1120. The summed E-state index contributed by atoms with van der Waals surface area (Å²) in [6.45, 7) is 19.1. The number of rotatable bonds is 3. The van der Waals surface area contributed by atoms with Crippen LogP contribution in [-0.2, 0) is 21.4 Å².